The summed E-state index contributed by atoms with van der Waals surface area (Å²) in [5.74, 6) is -0.345. The summed E-state index contributed by atoms with van der Waals surface area (Å²) in [7, 11) is 0. The van der Waals surface area contributed by atoms with Gasteiger partial charge in [-0.1, -0.05) is 30.0 Å². The molecule has 1 aromatic heterocycles. The van der Waals surface area contributed by atoms with Gasteiger partial charge in [0.05, 0.1) is 11.3 Å². The highest BCUT2D eigenvalue weighted by Crippen LogP contribution is 2.39. The molecular formula is C21H17N3O2S. The Kier molecular flexibility index (Phi) is 4.64. The molecule has 0 saturated carbocycles. The minimum atomic E-state index is -0.180. The van der Waals surface area contributed by atoms with Gasteiger partial charge in [0.2, 0.25) is 0 Å². The van der Waals surface area contributed by atoms with E-state index in [0.717, 1.165) is 20.9 Å². The Morgan fingerprint density at radius 1 is 1.15 bits per heavy atom. The highest BCUT2D eigenvalue weighted by molar-refractivity contribution is 7.99. The smallest absolute Gasteiger partial charge is 0.256 e. The van der Waals surface area contributed by atoms with Gasteiger partial charge in [0.1, 0.15) is 0 Å². The molecule has 27 heavy (non-hydrogen) atoms. The van der Waals surface area contributed by atoms with E-state index in [4.69, 9.17) is 0 Å². The van der Waals surface area contributed by atoms with E-state index >= 15 is 0 Å². The Morgan fingerprint density at radius 2 is 2.00 bits per heavy atom. The number of aromatic nitrogens is 1. The molecule has 0 bridgehead atoms. The zero-order chi connectivity index (χ0) is 18.8. The third kappa shape index (κ3) is 3.57. The normalized spacial score (nSPS) is 12.4. The predicted molar refractivity (Wildman–Crippen MR) is 105 cm³/mol. The first-order valence-electron chi connectivity index (χ1n) is 8.52. The number of amides is 2. The Hall–Kier alpha value is -3.12. The highest BCUT2D eigenvalue weighted by atomic mass is 32.2. The first kappa shape index (κ1) is 17.3. The van der Waals surface area contributed by atoms with Crippen molar-refractivity contribution in [1.82, 2.24) is 10.3 Å². The van der Waals surface area contributed by atoms with E-state index < -0.39 is 0 Å². The SMILES string of the molecule is Cc1cc2c(cc1C(=O)NCc1cccnc1)NC(=O)c1ccccc1S2. The van der Waals surface area contributed by atoms with Crippen LogP contribution in [0.5, 0.6) is 0 Å². The largest absolute Gasteiger partial charge is 0.348 e. The quantitative estimate of drug-likeness (QED) is 0.725. The molecule has 1 aliphatic heterocycles. The lowest BCUT2D eigenvalue weighted by Gasteiger charge is -2.13. The lowest BCUT2D eigenvalue weighted by atomic mass is 10.1. The van der Waals surface area contributed by atoms with E-state index in [-0.39, 0.29) is 11.8 Å². The van der Waals surface area contributed by atoms with Crippen LogP contribution >= 0.6 is 11.8 Å². The number of benzene rings is 2. The summed E-state index contributed by atoms with van der Waals surface area (Å²) in [5, 5.41) is 5.83. The molecule has 2 amide bonds. The summed E-state index contributed by atoms with van der Waals surface area (Å²) in [5.41, 5.74) is 3.62. The van der Waals surface area contributed by atoms with Gasteiger partial charge in [-0.25, -0.2) is 0 Å². The fourth-order valence-corrected chi connectivity index (χ4v) is 4.05. The van der Waals surface area contributed by atoms with Crippen LogP contribution in [0.15, 0.2) is 70.7 Å². The van der Waals surface area contributed by atoms with E-state index in [9.17, 15) is 9.59 Å². The standard InChI is InChI=1S/C21H17N3O2S/c1-13-9-19-17(24-21(26)15-6-2-3-7-18(15)27-19)10-16(13)20(25)23-12-14-5-4-8-22-11-14/h2-11H,12H2,1H3,(H,23,25)(H,24,26). The van der Waals surface area contributed by atoms with Crippen molar-refractivity contribution >= 4 is 29.3 Å². The van der Waals surface area contributed by atoms with E-state index in [1.807, 2.05) is 43.3 Å². The number of rotatable bonds is 3. The molecule has 4 rings (SSSR count). The van der Waals surface area contributed by atoms with Crippen LogP contribution in [0, 0.1) is 6.92 Å². The molecule has 2 aromatic carbocycles. The number of carbonyl (C=O) groups is 2. The lowest BCUT2D eigenvalue weighted by molar-refractivity contribution is 0.0948. The molecule has 2 heterocycles. The molecule has 0 radical (unpaired) electrons. The Labute approximate surface area is 161 Å². The van der Waals surface area contributed by atoms with Crippen LogP contribution in [0.3, 0.4) is 0 Å². The van der Waals surface area contributed by atoms with Gasteiger partial charge in [0.25, 0.3) is 11.8 Å². The second-order valence-corrected chi connectivity index (χ2v) is 7.34. The fourth-order valence-electron chi connectivity index (χ4n) is 2.94. The van der Waals surface area contributed by atoms with E-state index in [2.05, 4.69) is 15.6 Å². The topological polar surface area (TPSA) is 71.1 Å². The molecule has 134 valence electrons. The highest BCUT2D eigenvalue weighted by Gasteiger charge is 2.22. The van der Waals surface area contributed by atoms with Gasteiger partial charge in [0, 0.05) is 34.3 Å². The van der Waals surface area contributed by atoms with Crippen LogP contribution in [-0.2, 0) is 6.54 Å². The van der Waals surface area contributed by atoms with Gasteiger partial charge in [-0.15, -0.1) is 0 Å². The number of nitrogens with one attached hydrogen (secondary N) is 2. The molecular weight excluding hydrogens is 358 g/mol. The number of aryl methyl sites for hydroxylation is 1. The molecule has 0 aliphatic carbocycles. The number of fused-ring (bicyclic) bond motifs is 2. The van der Waals surface area contributed by atoms with Crippen LogP contribution in [0.2, 0.25) is 0 Å². The predicted octanol–water partition coefficient (Wildman–Crippen LogP) is 4.04. The molecule has 1 aliphatic rings. The lowest BCUT2D eigenvalue weighted by Crippen LogP contribution is -2.24. The van der Waals surface area contributed by atoms with E-state index in [1.165, 1.54) is 11.8 Å². The number of pyridine rings is 1. The summed E-state index contributed by atoms with van der Waals surface area (Å²) in [6, 6.07) is 14.9. The minimum absolute atomic E-state index is 0.164. The van der Waals surface area contributed by atoms with E-state index in [0.29, 0.717) is 23.4 Å². The van der Waals surface area contributed by atoms with Crippen molar-refractivity contribution in [3.8, 4) is 0 Å². The maximum Gasteiger partial charge on any atom is 0.256 e. The van der Waals surface area contributed by atoms with Gasteiger partial charge >= 0.3 is 0 Å². The van der Waals surface area contributed by atoms with Crippen molar-refractivity contribution in [3.05, 3.63) is 83.2 Å². The maximum atomic E-state index is 12.7. The van der Waals surface area contributed by atoms with Gasteiger partial charge in [-0.2, -0.15) is 0 Å². The van der Waals surface area contributed by atoms with Gasteiger partial charge in [0.15, 0.2) is 0 Å². The molecule has 6 heteroatoms. The van der Waals surface area contributed by atoms with Gasteiger partial charge in [-0.3, -0.25) is 14.6 Å². The molecule has 3 aromatic rings. The second-order valence-electron chi connectivity index (χ2n) is 6.26. The number of carbonyl (C=O) groups excluding carboxylic acids is 2. The number of anilines is 1. The van der Waals surface area contributed by atoms with Gasteiger partial charge in [-0.05, 0) is 48.4 Å². The summed E-state index contributed by atoms with van der Waals surface area (Å²) in [6.07, 6.45) is 3.42. The van der Waals surface area contributed by atoms with Crippen LogP contribution in [0.1, 0.15) is 31.8 Å². The molecule has 2 N–H and O–H groups in total. The second kappa shape index (κ2) is 7.25. The van der Waals surface area contributed by atoms with Crippen LogP contribution < -0.4 is 10.6 Å². The number of hydrogen-bond acceptors (Lipinski definition) is 4. The molecule has 0 unspecified atom stereocenters. The van der Waals surface area contributed by atoms with Gasteiger partial charge < -0.3 is 10.6 Å². The average molecular weight is 375 g/mol. The van der Waals surface area contributed by atoms with Crippen molar-refractivity contribution in [2.24, 2.45) is 0 Å². The molecule has 0 saturated heterocycles. The average Bonchev–Trinajstić information content (AvgIpc) is 2.82. The van der Waals surface area contributed by atoms with Crippen LogP contribution in [0.4, 0.5) is 5.69 Å². The zero-order valence-corrected chi connectivity index (χ0v) is 15.5. The number of hydrogen-bond donors (Lipinski definition) is 2. The van der Waals surface area contributed by atoms with Crippen molar-refractivity contribution in [3.63, 3.8) is 0 Å². The van der Waals surface area contributed by atoms with Crippen LogP contribution in [-0.4, -0.2) is 16.8 Å². The Bertz CT molecular complexity index is 1030. The first-order chi connectivity index (χ1) is 13.1. The maximum absolute atomic E-state index is 12.7. The number of nitrogens with zero attached hydrogens (tertiary/aromatic N) is 1. The summed E-state index contributed by atoms with van der Waals surface area (Å²) >= 11 is 1.53. The fraction of sp³-hybridized carbons (Fsp3) is 0.0952. The summed E-state index contributed by atoms with van der Waals surface area (Å²) in [4.78, 5) is 31.1. The molecule has 0 spiro atoms. The van der Waals surface area contributed by atoms with Crippen LogP contribution in [0.25, 0.3) is 0 Å². The Balaban J connectivity index is 1.61. The molecule has 0 atom stereocenters. The Morgan fingerprint density at radius 3 is 2.81 bits per heavy atom. The van der Waals surface area contributed by atoms with E-state index in [1.54, 1.807) is 24.5 Å². The molecule has 5 nitrogen and oxygen atoms in total. The van der Waals surface area contributed by atoms with Crippen molar-refractivity contribution in [2.45, 2.75) is 23.3 Å². The zero-order valence-electron chi connectivity index (χ0n) is 14.7. The summed E-state index contributed by atoms with van der Waals surface area (Å²) in [6.45, 7) is 2.30. The van der Waals surface area contributed by atoms with Crippen molar-refractivity contribution in [2.75, 3.05) is 5.32 Å². The first-order valence-corrected chi connectivity index (χ1v) is 9.33. The molecule has 0 fully saturated rings. The minimum Gasteiger partial charge on any atom is -0.348 e. The van der Waals surface area contributed by atoms with Crippen molar-refractivity contribution in [1.29, 1.82) is 0 Å². The summed E-state index contributed by atoms with van der Waals surface area (Å²) < 4.78 is 0. The third-order valence-corrected chi connectivity index (χ3v) is 5.48. The van der Waals surface area contributed by atoms with Crippen molar-refractivity contribution < 1.29 is 9.59 Å². The third-order valence-electron chi connectivity index (χ3n) is 4.35. The monoisotopic (exact) mass is 375 g/mol.